The molecule has 2 heterocycles. The third-order valence-corrected chi connectivity index (χ3v) is 4.67. The molecule has 0 spiro atoms. The normalized spacial score (nSPS) is 15.1. The van der Waals surface area contributed by atoms with Gasteiger partial charge in [-0.15, -0.1) is 0 Å². The molecular weight excluding hydrogens is 328 g/mol. The Hall–Kier alpha value is -2.89. The molecular formula is C20H22N4O2. The van der Waals surface area contributed by atoms with Crippen LogP contribution in [0.5, 0.6) is 17.5 Å². The molecule has 0 radical (unpaired) electrons. The lowest BCUT2D eigenvalue weighted by Gasteiger charge is -2.23. The van der Waals surface area contributed by atoms with Crippen LogP contribution in [0.15, 0.2) is 36.7 Å². The van der Waals surface area contributed by atoms with Gasteiger partial charge in [0, 0.05) is 11.1 Å². The zero-order valence-corrected chi connectivity index (χ0v) is 14.8. The van der Waals surface area contributed by atoms with E-state index in [4.69, 9.17) is 15.2 Å². The summed E-state index contributed by atoms with van der Waals surface area (Å²) in [6.45, 7) is 1.95. The lowest BCUT2D eigenvalue weighted by molar-refractivity contribution is 0.149. The smallest absolute Gasteiger partial charge is 0.249 e. The summed E-state index contributed by atoms with van der Waals surface area (Å²) in [6.07, 6.45) is 7.28. The molecule has 0 aliphatic heterocycles. The largest absolute Gasteiger partial charge is 0.473 e. The number of aromatic nitrogens is 3. The molecule has 6 heteroatoms. The van der Waals surface area contributed by atoms with Crippen molar-refractivity contribution in [3.05, 3.63) is 42.4 Å². The van der Waals surface area contributed by atoms with Crippen LogP contribution in [0.25, 0.3) is 10.9 Å². The molecule has 6 nitrogen and oxygen atoms in total. The number of hydrogen-bond acceptors (Lipinski definition) is 6. The van der Waals surface area contributed by atoms with Crippen molar-refractivity contribution in [3.63, 3.8) is 0 Å². The van der Waals surface area contributed by atoms with Gasteiger partial charge in [-0.25, -0.2) is 4.98 Å². The molecule has 1 fully saturated rings. The monoisotopic (exact) mass is 350 g/mol. The van der Waals surface area contributed by atoms with Crippen molar-refractivity contribution in [2.24, 2.45) is 0 Å². The maximum Gasteiger partial charge on any atom is 0.249 e. The highest BCUT2D eigenvalue weighted by Crippen LogP contribution is 2.35. The number of aryl methyl sites for hydroxylation is 1. The molecule has 2 N–H and O–H groups in total. The van der Waals surface area contributed by atoms with Gasteiger partial charge in [0.15, 0.2) is 11.4 Å². The van der Waals surface area contributed by atoms with Crippen LogP contribution in [0.3, 0.4) is 0 Å². The van der Waals surface area contributed by atoms with Crippen LogP contribution in [0, 0.1) is 6.92 Å². The molecule has 2 aromatic heterocycles. The second kappa shape index (κ2) is 7.15. The molecule has 1 aliphatic carbocycles. The highest BCUT2D eigenvalue weighted by Gasteiger charge is 2.19. The molecule has 3 aromatic rings. The number of hydrogen-bond donors (Lipinski definition) is 1. The number of anilines is 1. The van der Waals surface area contributed by atoms with Crippen LogP contribution < -0.4 is 15.2 Å². The topological polar surface area (TPSA) is 83.2 Å². The first-order chi connectivity index (χ1) is 12.7. The van der Waals surface area contributed by atoms with Crippen LogP contribution in [0.1, 0.15) is 37.8 Å². The summed E-state index contributed by atoms with van der Waals surface area (Å²) in [5.74, 6) is 1.30. The minimum absolute atomic E-state index is 0.163. The summed E-state index contributed by atoms with van der Waals surface area (Å²) in [6, 6.07) is 9.77. The highest BCUT2D eigenvalue weighted by atomic mass is 16.5. The number of nitrogens with two attached hydrogens (primary N) is 1. The average molecular weight is 350 g/mol. The number of ether oxygens (including phenoxy) is 2. The van der Waals surface area contributed by atoms with Gasteiger partial charge < -0.3 is 15.2 Å². The molecule has 1 saturated carbocycles. The van der Waals surface area contributed by atoms with E-state index in [0.29, 0.717) is 23.2 Å². The van der Waals surface area contributed by atoms with Crippen LogP contribution in [0.2, 0.25) is 0 Å². The molecule has 0 saturated heterocycles. The first kappa shape index (κ1) is 16.6. The maximum atomic E-state index is 6.23. The van der Waals surface area contributed by atoms with Crippen molar-refractivity contribution in [1.29, 1.82) is 0 Å². The van der Waals surface area contributed by atoms with Crippen LogP contribution in [-0.2, 0) is 0 Å². The Kier molecular flexibility index (Phi) is 4.56. The van der Waals surface area contributed by atoms with E-state index in [9.17, 15) is 0 Å². The Morgan fingerprint density at radius 1 is 1.00 bits per heavy atom. The fourth-order valence-corrected chi connectivity index (χ4v) is 3.28. The van der Waals surface area contributed by atoms with E-state index in [1.165, 1.54) is 25.6 Å². The van der Waals surface area contributed by atoms with E-state index in [2.05, 4.69) is 15.0 Å². The van der Waals surface area contributed by atoms with Gasteiger partial charge in [0.2, 0.25) is 11.8 Å². The lowest BCUT2D eigenvalue weighted by atomic mass is 9.98. The Bertz CT molecular complexity index is 923. The van der Waals surface area contributed by atoms with Gasteiger partial charge in [-0.3, -0.25) is 0 Å². The van der Waals surface area contributed by atoms with Crippen molar-refractivity contribution in [2.75, 3.05) is 5.73 Å². The second-order valence-corrected chi connectivity index (χ2v) is 6.66. The van der Waals surface area contributed by atoms with E-state index in [0.717, 1.165) is 29.4 Å². The molecule has 0 bridgehead atoms. The highest BCUT2D eigenvalue weighted by molar-refractivity contribution is 5.85. The summed E-state index contributed by atoms with van der Waals surface area (Å²) < 4.78 is 12.0. The first-order valence-electron chi connectivity index (χ1n) is 9.02. The summed E-state index contributed by atoms with van der Waals surface area (Å²) in [7, 11) is 0. The van der Waals surface area contributed by atoms with Crippen molar-refractivity contribution in [1.82, 2.24) is 15.0 Å². The minimum Gasteiger partial charge on any atom is -0.473 e. The second-order valence-electron chi connectivity index (χ2n) is 6.66. The number of fused-ring (bicyclic) bond motifs is 1. The number of pyridine rings is 1. The van der Waals surface area contributed by atoms with Crippen molar-refractivity contribution < 1.29 is 9.47 Å². The summed E-state index contributed by atoms with van der Waals surface area (Å²) in [4.78, 5) is 13.0. The molecule has 1 aromatic carbocycles. The first-order valence-corrected chi connectivity index (χ1v) is 9.02. The standard InChI is InChI=1S/C20H22N4O2/c1-13-10-11-14-6-5-9-16(18(14)24-13)26-20-17(21)19(22-12-23-20)25-15-7-3-2-4-8-15/h5-6,9-12,15H,2-4,7-8,21H2,1H3. The van der Waals surface area contributed by atoms with Gasteiger partial charge in [-0.05, 0) is 44.7 Å². The third kappa shape index (κ3) is 3.40. The fourth-order valence-electron chi connectivity index (χ4n) is 3.28. The quantitative estimate of drug-likeness (QED) is 0.750. The zero-order chi connectivity index (χ0) is 17.9. The van der Waals surface area contributed by atoms with Crippen molar-refractivity contribution in [2.45, 2.75) is 45.1 Å². The van der Waals surface area contributed by atoms with E-state index in [1.54, 1.807) is 0 Å². The fraction of sp³-hybridized carbons (Fsp3) is 0.350. The molecule has 0 amide bonds. The Labute approximate surface area is 152 Å². The zero-order valence-electron chi connectivity index (χ0n) is 14.8. The summed E-state index contributed by atoms with van der Waals surface area (Å²) >= 11 is 0. The SMILES string of the molecule is Cc1ccc2cccc(Oc3ncnc(OC4CCCCC4)c3N)c2n1. The number of nitrogen functional groups attached to an aromatic ring is 1. The summed E-state index contributed by atoms with van der Waals surface area (Å²) in [5.41, 5.74) is 8.25. The maximum absolute atomic E-state index is 6.23. The molecule has 1 aliphatic rings. The van der Waals surface area contributed by atoms with Gasteiger partial charge in [0.25, 0.3) is 0 Å². The van der Waals surface area contributed by atoms with Crippen LogP contribution in [0.4, 0.5) is 5.69 Å². The average Bonchev–Trinajstić information content (AvgIpc) is 2.66. The molecule has 4 rings (SSSR count). The van der Waals surface area contributed by atoms with Gasteiger partial charge >= 0.3 is 0 Å². The number of rotatable bonds is 4. The van der Waals surface area contributed by atoms with E-state index in [1.807, 2.05) is 37.3 Å². The van der Waals surface area contributed by atoms with Gasteiger partial charge in [0.1, 0.15) is 17.9 Å². The molecule has 26 heavy (non-hydrogen) atoms. The molecule has 0 unspecified atom stereocenters. The Morgan fingerprint density at radius 3 is 2.65 bits per heavy atom. The lowest BCUT2D eigenvalue weighted by Crippen LogP contribution is -2.21. The van der Waals surface area contributed by atoms with E-state index in [-0.39, 0.29) is 6.10 Å². The van der Waals surface area contributed by atoms with E-state index >= 15 is 0 Å². The third-order valence-electron chi connectivity index (χ3n) is 4.67. The minimum atomic E-state index is 0.163. The van der Waals surface area contributed by atoms with E-state index < -0.39 is 0 Å². The summed E-state index contributed by atoms with van der Waals surface area (Å²) in [5, 5.41) is 0.999. The number of para-hydroxylation sites is 1. The van der Waals surface area contributed by atoms with Crippen LogP contribution in [-0.4, -0.2) is 21.1 Å². The molecule has 0 atom stereocenters. The number of benzene rings is 1. The van der Waals surface area contributed by atoms with Gasteiger partial charge in [-0.1, -0.05) is 24.6 Å². The predicted molar refractivity (Wildman–Crippen MR) is 100 cm³/mol. The van der Waals surface area contributed by atoms with Gasteiger partial charge in [0.05, 0.1) is 0 Å². The Balaban J connectivity index is 1.62. The molecule has 134 valence electrons. The predicted octanol–water partition coefficient (Wildman–Crippen LogP) is 4.42. The Morgan fingerprint density at radius 2 is 1.81 bits per heavy atom. The van der Waals surface area contributed by atoms with Gasteiger partial charge in [-0.2, -0.15) is 9.97 Å². The van der Waals surface area contributed by atoms with Crippen molar-refractivity contribution in [3.8, 4) is 17.5 Å². The van der Waals surface area contributed by atoms with Crippen LogP contribution >= 0.6 is 0 Å². The van der Waals surface area contributed by atoms with Crippen molar-refractivity contribution >= 4 is 16.6 Å². The number of nitrogens with zero attached hydrogens (tertiary/aromatic N) is 3.